The number of benzene rings is 1. The first-order chi connectivity index (χ1) is 9.56. The van der Waals surface area contributed by atoms with E-state index in [4.69, 9.17) is 0 Å². The Morgan fingerprint density at radius 3 is 2.80 bits per heavy atom. The number of nitrogens with one attached hydrogen (secondary N) is 2. The van der Waals surface area contributed by atoms with Crippen LogP contribution in [0, 0.1) is 11.7 Å². The molecule has 0 aromatic heterocycles. The maximum atomic E-state index is 14.4. The number of rotatable bonds is 5. The summed E-state index contributed by atoms with van der Waals surface area (Å²) in [5.74, 6) is 0.0955. The standard InChI is InChI=1S/C16H23FN2O/c1-4-5-10(2)16(18-3)12-8-11-6-7-15(20)19-14(11)9-13(12)17/h8-10,16,18H,4-7H2,1-3H3,(H,19,20). The molecule has 1 aliphatic heterocycles. The molecule has 2 N–H and O–H groups in total. The van der Waals surface area contributed by atoms with Crippen molar-refractivity contribution in [2.75, 3.05) is 12.4 Å². The Kier molecular flexibility index (Phi) is 4.76. The maximum Gasteiger partial charge on any atom is 0.224 e. The number of fused-ring (bicyclic) bond motifs is 1. The second kappa shape index (κ2) is 6.35. The molecule has 2 atom stereocenters. The molecule has 1 amide bonds. The van der Waals surface area contributed by atoms with E-state index in [1.54, 1.807) is 0 Å². The minimum Gasteiger partial charge on any atom is -0.326 e. The van der Waals surface area contributed by atoms with Crippen molar-refractivity contribution in [2.24, 2.45) is 5.92 Å². The summed E-state index contributed by atoms with van der Waals surface area (Å²) in [5.41, 5.74) is 2.37. The fourth-order valence-electron chi connectivity index (χ4n) is 3.03. The molecular weight excluding hydrogens is 255 g/mol. The molecule has 1 aliphatic rings. The Balaban J connectivity index is 2.34. The van der Waals surface area contributed by atoms with Crippen molar-refractivity contribution >= 4 is 11.6 Å². The molecule has 1 aromatic rings. The van der Waals surface area contributed by atoms with Gasteiger partial charge in [-0.25, -0.2) is 4.39 Å². The van der Waals surface area contributed by atoms with E-state index in [0.717, 1.165) is 18.4 Å². The van der Waals surface area contributed by atoms with E-state index in [1.165, 1.54) is 6.07 Å². The lowest BCUT2D eigenvalue weighted by molar-refractivity contribution is -0.116. The molecule has 1 heterocycles. The Morgan fingerprint density at radius 1 is 1.40 bits per heavy atom. The van der Waals surface area contributed by atoms with Crippen LogP contribution in [-0.2, 0) is 11.2 Å². The summed E-state index contributed by atoms with van der Waals surface area (Å²) >= 11 is 0. The first kappa shape index (κ1) is 15.0. The van der Waals surface area contributed by atoms with Gasteiger partial charge in [-0.15, -0.1) is 0 Å². The van der Waals surface area contributed by atoms with Crippen LogP contribution in [0.3, 0.4) is 0 Å². The number of aryl methyl sites for hydroxylation is 1. The van der Waals surface area contributed by atoms with Gasteiger partial charge in [-0.05, 0) is 43.5 Å². The fourth-order valence-corrected chi connectivity index (χ4v) is 3.03. The van der Waals surface area contributed by atoms with Gasteiger partial charge in [-0.1, -0.05) is 20.3 Å². The lowest BCUT2D eigenvalue weighted by atomic mass is 9.88. The molecule has 4 heteroatoms. The third kappa shape index (κ3) is 3.01. The van der Waals surface area contributed by atoms with Gasteiger partial charge in [0, 0.05) is 23.7 Å². The molecule has 0 saturated heterocycles. The van der Waals surface area contributed by atoms with E-state index in [9.17, 15) is 9.18 Å². The van der Waals surface area contributed by atoms with Gasteiger partial charge < -0.3 is 10.6 Å². The van der Waals surface area contributed by atoms with Gasteiger partial charge in [0.25, 0.3) is 0 Å². The topological polar surface area (TPSA) is 41.1 Å². The zero-order valence-electron chi connectivity index (χ0n) is 12.4. The SMILES string of the molecule is CCCC(C)C(NC)c1cc2c(cc1F)NC(=O)CC2. The zero-order chi connectivity index (χ0) is 14.7. The molecule has 0 saturated carbocycles. The molecule has 0 fully saturated rings. The van der Waals surface area contributed by atoms with Crippen molar-refractivity contribution in [3.63, 3.8) is 0 Å². The van der Waals surface area contributed by atoms with E-state index in [1.807, 2.05) is 13.1 Å². The summed E-state index contributed by atoms with van der Waals surface area (Å²) in [5, 5.41) is 5.97. The van der Waals surface area contributed by atoms with Gasteiger partial charge in [-0.3, -0.25) is 4.79 Å². The van der Waals surface area contributed by atoms with Gasteiger partial charge in [0.2, 0.25) is 5.91 Å². The molecule has 0 bridgehead atoms. The summed E-state index contributed by atoms with van der Waals surface area (Å²) < 4.78 is 14.4. The fraction of sp³-hybridized carbons (Fsp3) is 0.562. The van der Waals surface area contributed by atoms with Gasteiger partial charge >= 0.3 is 0 Å². The van der Waals surface area contributed by atoms with Crippen molar-refractivity contribution < 1.29 is 9.18 Å². The van der Waals surface area contributed by atoms with E-state index >= 15 is 0 Å². The number of hydrogen-bond donors (Lipinski definition) is 2. The van der Waals surface area contributed by atoms with E-state index in [-0.39, 0.29) is 17.8 Å². The van der Waals surface area contributed by atoms with Crippen LogP contribution in [0.1, 0.15) is 50.3 Å². The summed E-state index contributed by atoms with van der Waals surface area (Å²) in [4.78, 5) is 11.4. The Morgan fingerprint density at radius 2 is 2.15 bits per heavy atom. The quantitative estimate of drug-likeness (QED) is 0.866. The van der Waals surface area contributed by atoms with Crippen molar-refractivity contribution in [3.05, 3.63) is 29.1 Å². The Bertz CT molecular complexity index is 501. The molecule has 2 rings (SSSR count). The second-order valence-electron chi connectivity index (χ2n) is 5.61. The normalized spacial score (nSPS) is 17.3. The highest BCUT2D eigenvalue weighted by Gasteiger charge is 2.24. The van der Waals surface area contributed by atoms with E-state index < -0.39 is 0 Å². The van der Waals surface area contributed by atoms with E-state index in [2.05, 4.69) is 24.5 Å². The number of carbonyl (C=O) groups excluding carboxylic acids is 1. The minimum atomic E-state index is -0.242. The molecule has 0 aliphatic carbocycles. The molecule has 0 spiro atoms. The van der Waals surface area contributed by atoms with Crippen LogP contribution >= 0.6 is 0 Å². The van der Waals surface area contributed by atoms with Gasteiger partial charge in [0.15, 0.2) is 0 Å². The Labute approximate surface area is 120 Å². The number of halogens is 1. The average molecular weight is 278 g/mol. The number of amides is 1. The minimum absolute atomic E-state index is 0.0119. The Hall–Kier alpha value is -1.42. The average Bonchev–Trinajstić information content (AvgIpc) is 2.40. The number of hydrogen-bond acceptors (Lipinski definition) is 2. The largest absolute Gasteiger partial charge is 0.326 e. The second-order valence-corrected chi connectivity index (χ2v) is 5.61. The summed E-state index contributed by atoms with van der Waals surface area (Å²) in [7, 11) is 1.87. The van der Waals surface area contributed by atoms with Crippen LogP contribution in [0.5, 0.6) is 0 Å². The highest BCUT2D eigenvalue weighted by Crippen LogP contribution is 2.32. The van der Waals surface area contributed by atoms with Crippen LogP contribution in [0.25, 0.3) is 0 Å². The predicted molar refractivity (Wildman–Crippen MR) is 79.2 cm³/mol. The summed E-state index contributed by atoms with van der Waals surface area (Å²) in [6.07, 6.45) is 3.31. The molecule has 1 aromatic carbocycles. The van der Waals surface area contributed by atoms with Crippen molar-refractivity contribution in [1.82, 2.24) is 5.32 Å². The molecule has 3 nitrogen and oxygen atoms in total. The molecule has 20 heavy (non-hydrogen) atoms. The van der Waals surface area contributed by atoms with Crippen LogP contribution in [-0.4, -0.2) is 13.0 Å². The van der Waals surface area contributed by atoms with Crippen LogP contribution in [0.15, 0.2) is 12.1 Å². The smallest absolute Gasteiger partial charge is 0.224 e. The highest BCUT2D eigenvalue weighted by molar-refractivity contribution is 5.93. The zero-order valence-corrected chi connectivity index (χ0v) is 12.4. The first-order valence-corrected chi connectivity index (χ1v) is 7.36. The molecular formula is C16H23FN2O. The van der Waals surface area contributed by atoms with Crippen molar-refractivity contribution in [2.45, 2.75) is 45.6 Å². The first-order valence-electron chi connectivity index (χ1n) is 7.36. The molecule has 2 unspecified atom stereocenters. The third-order valence-electron chi connectivity index (χ3n) is 4.08. The summed E-state index contributed by atoms with van der Waals surface area (Å²) in [6, 6.07) is 3.39. The third-order valence-corrected chi connectivity index (χ3v) is 4.08. The van der Waals surface area contributed by atoms with Crippen LogP contribution in [0.4, 0.5) is 10.1 Å². The van der Waals surface area contributed by atoms with Gasteiger partial charge in [-0.2, -0.15) is 0 Å². The predicted octanol–water partition coefficient (Wildman–Crippen LogP) is 3.41. The summed E-state index contributed by atoms with van der Waals surface area (Å²) in [6.45, 7) is 4.29. The van der Waals surface area contributed by atoms with Crippen LogP contribution in [0.2, 0.25) is 0 Å². The van der Waals surface area contributed by atoms with E-state index in [0.29, 0.717) is 30.0 Å². The number of carbonyl (C=O) groups is 1. The van der Waals surface area contributed by atoms with Crippen molar-refractivity contribution in [3.8, 4) is 0 Å². The lowest BCUT2D eigenvalue weighted by Crippen LogP contribution is -2.26. The molecule has 0 radical (unpaired) electrons. The van der Waals surface area contributed by atoms with Gasteiger partial charge in [0.1, 0.15) is 5.82 Å². The van der Waals surface area contributed by atoms with Crippen molar-refractivity contribution in [1.29, 1.82) is 0 Å². The van der Waals surface area contributed by atoms with Crippen LogP contribution < -0.4 is 10.6 Å². The van der Waals surface area contributed by atoms with Gasteiger partial charge in [0.05, 0.1) is 0 Å². The monoisotopic (exact) mass is 278 g/mol. The highest BCUT2D eigenvalue weighted by atomic mass is 19.1. The molecule has 110 valence electrons. The maximum absolute atomic E-state index is 14.4. The lowest BCUT2D eigenvalue weighted by Gasteiger charge is -2.26. The number of anilines is 1.